The average Bonchev–Trinajstić information content (AvgIpc) is 2.39. The SMILES string of the molecule is CCCC1CN(c2ccc(N(C)C)cc2)CCN1. The lowest BCUT2D eigenvalue weighted by Gasteiger charge is -2.35. The number of rotatable bonds is 4. The third-order valence-electron chi connectivity index (χ3n) is 3.62. The summed E-state index contributed by atoms with van der Waals surface area (Å²) in [6.45, 7) is 5.60. The van der Waals surface area contributed by atoms with Gasteiger partial charge in [-0.15, -0.1) is 0 Å². The Morgan fingerprint density at radius 1 is 1.28 bits per heavy atom. The van der Waals surface area contributed by atoms with Crippen LogP contribution >= 0.6 is 0 Å². The molecule has 0 saturated carbocycles. The van der Waals surface area contributed by atoms with Crippen molar-refractivity contribution in [2.24, 2.45) is 0 Å². The molecule has 3 nitrogen and oxygen atoms in total. The van der Waals surface area contributed by atoms with Gasteiger partial charge in [-0.25, -0.2) is 0 Å². The van der Waals surface area contributed by atoms with Gasteiger partial charge in [-0.05, 0) is 30.7 Å². The molecule has 1 aliphatic rings. The van der Waals surface area contributed by atoms with E-state index in [4.69, 9.17) is 0 Å². The van der Waals surface area contributed by atoms with Gasteiger partial charge in [0.1, 0.15) is 0 Å². The molecule has 0 spiro atoms. The zero-order valence-electron chi connectivity index (χ0n) is 11.8. The maximum atomic E-state index is 3.60. The van der Waals surface area contributed by atoms with Crippen LogP contribution < -0.4 is 15.1 Å². The van der Waals surface area contributed by atoms with Crippen molar-refractivity contribution in [3.63, 3.8) is 0 Å². The number of hydrogen-bond acceptors (Lipinski definition) is 3. The Labute approximate surface area is 111 Å². The van der Waals surface area contributed by atoms with Crippen molar-refractivity contribution >= 4 is 11.4 Å². The van der Waals surface area contributed by atoms with Gasteiger partial charge in [0.2, 0.25) is 0 Å². The maximum absolute atomic E-state index is 3.60. The summed E-state index contributed by atoms with van der Waals surface area (Å²) in [6, 6.07) is 9.53. The highest BCUT2D eigenvalue weighted by Crippen LogP contribution is 2.21. The van der Waals surface area contributed by atoms with Crippen LogP contribution in [-0.2, 0) is 0 Å². The van der Waals surface area contributed by atoms with Crippen LogP contribution in [0.1, 0.15) is 19.8 Å². The van der Waals surface area contributed by atoms with E-state index in [1.54, 1.807) is 0 Å². The third kappa shape index (κ3) is 3.16. The number of anilines is 2. The van der Waals surface area contributed by atoms with E-state index in [-0.39, 0.29) is 0 Å². The molecular weight excluding hydrogens is 222 g/mol. The summed E-state index contributed by atoms with van der Waals surface area (Å²) < 4.78 is 0. The maximum Gasteiger partial charge on any atom is 0.0368 e. The normalized spacial score (nSPS) is 19.9. The lowest BCUT2D eigenvalue weighted by molar-refractivity contribution is 0.431. The van der Waals surface area contributed by atoms with Gasteiger partial charge >= 0.3 is 0 Å². The second-order valence-corrected chi connectivity index (χ2v) is 5.30. The van der Waals surface area contributed by atoms with Gasteiger partial charge in [-0.2, -0.15) is 0 Å². The monoisotopic (exact) mass is 247 g/mol. The molecule has 3 heteroatoms. The highest BCUT2D eigenvalue weighted by Gasteiger charge is 2.18. The highest BCUT2D eigenvalue weighted by atomic mass is 15.2. The predicted molar refractivity (Wildman–Crippen MR) is 79.7 cm³/mol. The Morgan fingerprint density at radius 2 is 2.00 bits per heavy atom. The molecule has 2 rings (SSSR count). The second kappa shape index (κ2) is 6.10. The first kappa shape index (κ1) is 13.2. The Kier molecular flexibility index (Phi) is 4.48. The minimum atomic E-state index is 0.650. The first-order valence-corrected chi connectivity index (χ1v) is 6.96. The molecule has 1 atom stereocenters. The van der Waals surface area contributed by atoms with Crippen LogP contribution in [0.3, 0.4) is 0 Å². The van der Waals surface area contributed by atoms with E-state index in [9.17, 15) is 0 Å². The van der Waals surface area contributed by atoms with Crippen LogP contribution in [0.4, 0.5) is 11.4 Å². The molecule has 1 saturated heterocycles. The molecule has 100 valence electrons. The highest BCUT2D eigenvalue weighted by molar-refractivity contribution is 5.56. The van der Waals surface area contributed by atoms with Gasteiger partial charge in [0, 0.05) is 51.1 Å². The number of piperazine rings is 1. The Morgan fingerprint density at radius 3 is 2.61 bits per heavy atom. The largest absolute Gasteiger partial charge is 0.378 e. The fourth-order valence-electron chi connectivity index (χ4n) is 2.56. The summed E-state index contributed by atoms with van der Waals surface area (Å²) in [5.41, 5.74) is 2.61. The van der Waals surface area contributed by atoms with Gasteiger partial charge in [0.15, 0.2) is 0 Å². The van der Waals surface area contributed by atoms with Gasteiger partial charge in [-0.1, -0.05) is 13.3 Å². The molecule has 0 radical (unpaired) electrons. The summed E-state index contributed by atoms with van der Waals surface area (Å²) in [6.07, 6.45) is 2.53. The lowest BCUT2D eigenvalue weighted by atomic mass is 10.1. The topological polar surface area (TPSA) is 18.5 Å². The van der Waals surface area contributed by atoms with Crippen molar-refractivity contribution < 1.29 is 0 Å². The molecule has 0 amide bonds. The predicted octanol–water partition coefficient (Wildman–Crippen LogP) is 2.33. The standard InChI is InChI=1S/C15H25N3/c1-4-5-13-12-18(11-10-16-13)15-8-6-14(7-9-15)17(2)3/h6-9,13,16H,4-5,10-12H2,1-3H3. The van der Waals surface area contributed by atoms with Crippen molar-refractivity contribution in [3.05, 3.63) is 24.3 Å². The van der Waals surface area contributed by atoms with Gasteiger partial charge in [0.25, 0.3) is 0 Å². The summed E-state index contributed by atoms with van der Waals surface area (Å²) in [5.74, 6) is 0. The fourth-order valence-corrected chi connectivity index (χ4v) is 2.56. The molecule has 1 heterocycles. The zero-order valence-corrected chi connectivity index (χ0v) is 11.8. The zero-order chi connectivity index (χ0) is 13.0. The van der Waals surface area contributed by atoms with Crippen LogP contribution in [0.25, 0.3) is 0 Å². The molecule has 0 aromatic heterocycles. The molecule has 1 aromatic carbocycles. The van der Waals surface area contributed by atoms with Gasteiger partial charge in [-0.3, -0.25) is 0 Å². The molecule has 0 aliphatic carbocycles. The minimum Gasteiger partial charge on any atom is -0.378 e. The van der Waals surface area contributed by atoms with E-state index in [1.807, 2.05) is 0 Å². The van der Waals surface area contributed by atoms with Crippen molar-refractivity contribution in [1.82, 2.24) is 5.32 Å². The first-order valence-electron chi connectivity index (χ1n) is 6.96. The Bertz CT molecular complexity index is 357. The van der Waals surface area contributed by atoms with Crippen LogP contribution in [0.5, 0.6) is 0 Å². The third-order valence-corrected chi connectivity index (χ3v) is 3.62. The number of hydrogen-bond donors (Lipinski definition) is 1. The number of benzene rings is 1. The fraction of sp³-hybridized carbons (Fsp3) is 0.600. The molecule has 1 fully saturated rings. The number of nitrogens with one attached hydrogen (secondary N) is 1. The summed E-state index contributed by atoms with van der Waals surface area (Å²) >= 11 is 0. The van der Waals surface area contributed by atoms with Crippen molar-refractivity contribution in [2.45, 2.75) is 25.8 Å². The van der Waals surface area contributed by atoms with E-state index in [2.05, 4.69) is 60.4 Å². The van der Waals surface area contributed by atoms with Crippen molar-refractivity contribution in [1.29, 1.82) is 0 Å². The average molecular weight is 247 g/mol. The smallest absolute Gasteiger partial charge is 0.0368 e. The van der Waals surface area contributed by atoms with E-state index >= 15 is 0 Å². The van der Waals surface area contributed by atoms with Crippen LogP contribution in [0, 0.1) is 0 Å². The molecular formula is C15H25N3. The lowest BCUT2D eigenvalue weighted by Crippen LogP contribution is -2.50. The molecule has 1 N–H and O–H groups in total. The molecule has 1 unspecified atom stereocenters. The van der Waals surface area contributed by atoms with Gasteiger partial charge < -0.3 is 15.1 Å². The molecule has 1 aliphatic heterocycles. The summed E-state index contributed by atoms with van der Waals surface area (Å²) in [5, 5.41) is 3.60. The first-order chi connectivity index (χ1) is 8.70. The minimum absolute atomic E-state index is 0.650. The van der Waals surface area contributed by atoms with Crippen molar-refractivity contribution in [2.75, 3.05) is 43.5 Å². The molecule has 18 heavy (non-hydrogen) atoms. The molecule has 0 bridgehead atoms. The van der Waals surface area contributed by atoms with Crippen molar-refractivity contribution in [3.8, 4) is 0 Å². The summed E-state index contributed by atoms with van der Waals surface area (Å²) in [7, 11) is 4.16. The van der Waals surface area contributed by atoms with E-state index in [0.29, 0.717) is 6.04 Å². The Hall–Kier alpha value is -1.22. The Balaban J connectivity index is 2.02. The van der Waals surface area contributed by atoms with E-state index in [0.717, 1.165) is 19.6 Å². The second-order valence-electron chi connectivity index (χ2n) is 5.30. The van der Waals surface area contributed by atoms with Crippen LogP contribution in [0.2, 0.25) is 0 Å². The van der Waals surface area contributed by atoms with Crippen LogP contribution in [0.15, 0.2) is 24.3 Å². The van der Waals surface area contributed by atoms with Crippen LogP contribution in [-0.4, -0.2) is 39.8 Å². The van der Waals surface area contributed by atoms with Gasteiger partial charge in [0.05, 0.1) is 0 Å². The molecule has 1 aromatic rings. The number of nitrogens with zero attached hydrogens (tertiary/aromatic N) is 2. The summed E-state index contributed by atoms with van der Waals surface area (Å²) in [4.78, 5) is 4.64. The quantitative estimate of drug-likeness (QED) is 0.881. The van der Waals surface area contributed by atoms with E-state index < -0.39 is 0 Å². The van der Waals surface area contributed by atoms with E-state index in [1.165, 1.54) is 24.2 Å².